The Kier molecular flexibility index (Phi) is 8.03. The van der Waals surface area contributed by atoms with Gasteiger partial charge in [0.1, 0.15) is 5.75 Å². The van der Waals surface area contributed by atoms with Crippen molar-refractivity contribution in [2.45, 2.75) is 77.1 Å². The summed E-state index contributed by atoms with van der Waals surface area (Å²) >= 11 is 1.76. The van der Waals surface area contributed by atoms with Crippen molar-refractivity contribution in [1.82, 2.24) is 0 Å². The maximum atomic E-state index is 12.8. The fraction of sp³-hybridized carbons (Fsp3) is 0.625. The SMILES string of the molecule is CCOC(=O)C(C)(C)Oc1ccc(N(CC)C2=NC(=O)C3CCCCCCC3S2)cc1. The first-order valence-electron chi connectivity index (χ1n) is 11.4. The van der Waals surface area contributed by atoms with E-state index >= 15 is 0 Å². The first-order valence-corrected chi connectivity index (χ1v) is 12.3. The van der Waals surface area contributed by atoms with Gasteiger partial charge in [0, 0.05) is 17.5 Å². The van der Waals surface area contributed by atoms with Gasteiger partial charge >= 0.3 is 5.97 Å². The van der Waals surface area contributed by atoms with Crippen LogP contribution in [0.25, 0.3) is 0 Å². The van der Waals surface area contributed by atoms with Gasteiger partial charge in [0.15, 0.2) is 10.8 Å². The smallest absolute Gasteiger partial charge is 0.349 e. The molecule has 0 aromatic heterocycles. The van der Waals surface area contributed by atoms with Gasteiger partial charge in [0.25, 0.3) is 5.91 Å². The summed E-state index contributed by atoms with van der Waals surface area (Å²) in [4.78, 5) is 31.4. The van der Waals surface area contributed by atoms with E-state index in [2.05, 4.69) is 16.8 Å². The highest BCUT2D eigenvalue weighted by Crippen LogP contribution is 2.38. The second-order valence-electron chi connectivity index (χ2n) is 8.56. The number of amides is 1. The third-order valence-corrected chi connectivity index (χ3v) is 7.21. The van der Waals surface area contributed by atoms with Crippen molar-refractivity contribution in [2.24, 2.45) is 10.9 Å². The van der Waals surface area contributed by atoms with Crippen molar-refractivity contribution in [3.8, 4) is 5.75 Å². The van der Waals surface area contributed by atoms with Crippen LogP contribution in [-0.4, -0.2) is 41.0 Å². The van der Waals surface area contributed by atoms with Gasteiger partial charge in [-0.2, -0.15) is 4.99 Å². The lowest BCUT2D eigenvalue weighted by Crippen LogP contribution is -2.40. The largest absolute Gasteiger partial charge is 0.476 e. The Morgan fingerprint density at radius 3 is 2.45 bits per heavy atom. The normalized spacial score (nSPS) is 21.9. The van der Waals surface area contributed by atoms with Gasteiger partial charge < -0.3 is 14.4 Å². The van der Waals surface area contributed by atoms with Crippen LogP contribution in [0.3, 0.4) is 0 Å². The van der Waals surface area contributed by atoms with E-state index < -0.39 is 11.6 Å². The van der Waals surface area contributed by atoms with Crippen LogP contribution in [0.2, 0.25) is 0 Å². The highest BCUT2D eigenvalue weighted by atomic mass is 32.2. The molecule has 1 aromatic carbocycles. The van der Waals surface area contributed by atoms with Gasteiger partial charge in [-0.15, -0.1) is 0 Å². The average Bonchev–Trinajstić information content (AvgIpc) is 2.71. The van der Waals surface area contributed by atoms with Crippen molar-refractivity contribution in [2.75, 3.05) is 18.1 Å². The van der Waals surface area contributed by atoms with Crippen LogP contribution in [0.5, 0.6) is 5.75 Å². The molecule has 7 heteroatoms. The molecule has 1 aliphatic carbocycles. The molecule has 0 radical (unpaired) electrons. The van der Waals surface area contributed by atoms with Gasteiger partial charge in [0.2, 0.25) is 0 Å². The molecule has 0 spiro atoms. The minimum atomic E-state index is -1.06. The Morgan fingerprint density at radius 2 is 1.81 bits per heavy atom. The van der Waals surface area contributed by atoms with E-state index in [1.807, 2.05) is 24.3 Å². The zero-order valence-corrected chi connectivity index (χ0v) is 19.9. The topological polar surface area (TPSA) is 68.2 Å². The lowest BCUT2D eigenvalue weighted by atomic mass is 9.90. The molecule has 6 nitrogen and oxygen atoms in total. The second kappa shape index (κ2) is 10.5. The van der Waals surface area contributed by atoms with Crippen LogP contribution >= 0.6 is 11.8 Å². The van der Waals surface area contributed by atoms with Gasteiger partial charge in [-0.25, -0.2) is 4.79 Å². The monoisotopic (exact) mass is 446 g/mol. The lowest BCUT2D eigenvalue weighted by Gasteiger charge is -2.34. The predicted molar refractivity (Wildman–Crippen MR) is 126 cm³/mol. The summed E-state index contributed by atoms with van der Waals surface area (Å²) in [6, 6.07) is 7.57. The van der Waals surface area contributed by atoms with Gasteiger partial charge in [-0.05, 0) is 64.8 Å². The molecular formula is C24H34N2O4S. The quantitative estimate of drug-likeness (QED) is 0.559. The molecule has 170 valence electrons. The van der Waals surface area contributed by atoms with E-state index in [0.29, 0.717) is 24.2 Å². The first-order chi connectivity index (χ1) is 14.9. The summed E-state index contributed by atoms with van der Waals surface area (Å²) in [5.74, 6) is 0.297. The summed E-state index contributed by atoms with van der Waals surface area (Å²) in [5.41, 5.74) is -0.114. The number of benzene rings is 1. The van der Waals surface area contributed by atoms with Gasteiger partial charge in [0.05, 0.1) is 12.5 Å². The Balaban J connectivity index is 1.74. The standard InChI is InChI=1S/C24H34N2O4S/c1-5-26(23-25-21(27)19-11-9-7-8-10-12-20(19)31-23)17-13-15-18(16-14-17)30-24(3,4)22(28)29-6-2/h13-16,19-20H,5-12H2,1-4H3. The number of thioether (sulfide) groups is 1. The van der Waals surface area contributed by atoms with Crippen molar-refractivity contribution in [1.29, 1.82) is 0 Å². The number of nitrogens with zero attached hydrogens (tertiary/aromatic N) is 2. The Labute approximate surface area is 189 Å². The maximum absolute atomic E-state index is 12.8. The number of fused-ring (bicyclic) bond motifs is 1. The molecule has 1 fully saturated rings. The number of hydrogen-bond donors (Lipinski definition) is 0. The summed E-state index contributed by atoms with van der Waals surface area (Å²) in [6.45, 7) is 8.26. The molecule has 31 heavy (non-hydrogen) atoms. The highest BCUT2D eigenvalue weighted by Gasteiger charge is 2.36. The van der Waals surface area contributed by atoms with Gasteiger partial charge in [-0.1, -0.05) is 37.4 Å². The molecule has 0 bridgehead atoms. The summed E-state index contributed by atoms with van der Waals surface area (Å²) < 4.78 is 10.9. The number of carbonyl (C=O) groups excluding carboxylic acids is 2. The zero-order chi connectivity index (χ0) is 22.4. The van der Waals surface area contributed by atoms with E-state index in [1.165, 1.54) is 19.3 Å². The third kappa shape index (κ3) is 5.82. The molecular weight excluding hydrogens is 412 g/mol. The molecule has 1 aromatic rings. The fourth-order valence-electron chi connectivity index (χ4n) is 4.10. The lowest BCUT2D eigenvalue weighted by molar-refractivity contribution is -0.158. The molecule has 2 aliphatic rings. The zero-order valence-electron chi connectivity index (χ0n) is 19.1. The predicted octanol–water partition coefficient (Wildman–Crippen LogP) is 5.20. The molecule has 0 saturated heterocycles. The number of aliphatic imine (C=N–C) groups is 1. The van der Waals surface area contributed by atoms with Crippen molar-refractivity contribution in [3.63, 3.8) is 0 Å². The van der Waals surface area contributed by atoms with Crippen LogP contribution in [0, 0.1) is 5.92 Å². The fourth-order valence-corrected chi connectivity index (χ4v) is 5.58. The Hall–Kier alpha value is -2.02. The molecule has 3 rings (SSSR count). The summed E-state index contributed by atoms with van der Waals surface area (Å²) in [5, 5.41) is 1.11. The van der Waals surface area contributed by atoms with Crippen LogP contribution in [0.4, 0.5) is 5.69 Å². The number of carbonyl (C=O) groups is 2. The number of hydrogen-bond acceptors (Lipinski definition) is 6. The van der Waals surface area contributed by atoms with Crippen LogP contribution < -0.4 is 9.64 Å². The number of amidine groups is 1. The molecule has 1 amide bonds. The van der Waals surface area contributed by atoms with Crippen molar-refractivity contribution < 1.29 is 19.1 Å². The highest BCUT2D eigenvalue weighted by molar-refractivity contribution is 8.14. The van der Waals surface area contributed by atoms with Crippen molar-refractivity contribution in [3.05, 3.63) is 24.3 Å². The van der Waals surface area contributed by atoms with Gasteiger partial charge in [-0.3, -0.25) is 4.79 Å². The molecule has 1 saturated carbocycles. The Bertz CT molecular complexity index is 806. The molecule has 1 heterocycles. The average molecular weight is 447 g/mol. The number of anilines is 1. The van der Waals surface area contributed by atoms with Crippen LogP contribution in [-0.2, 0) is 14.3 Å². The minimum absolute atomic E-state index is 0.0373. The van der Waals surface area contributed by atoms with Crippen molar-refractivity contribution >= 4 is 34.5 Å². The summed E-state index contributed by atoms with van der Waals surface area (Å²) in [6.07, 6.45) is 6.82. The van der Waals surface area contributed by atoms with Crippen LogP contribution in [0.1, 0.15) is 66.2 Å². The number of rotatable bonds is 6. The molecule has 2 atom stereocenters. The molecule has 1 aliphatic heterocycles. The van der Waals surface area contributed by atoms with E-state index in [0.717, 1.165) is 30.1 Å². The van der Waals surface area contributed by atoms with E-state index in [-0.39, 0.29) is 11.8 Å². The molecule has 0 N–H and O–H groups in total. The van der Waals surface area contributed by atoms with E-state index in [9.17, 15) is 9.59 Å². The third-order valence-electron chi connectivity index (χ3n) is 5.82. The minimum Gasteiger partial charge on any atom is -0.476 e. The number of esters is 1. The Morgan fingerprint density at radius 1 is 1.13 bits per heavy atom. The van der Waals surface area contributed by atoms with Crippen LogP contribution in [0.15, 0.2) is 29.3 Å². The second-order valence-corrected chi connectivity index (χ2v) is 9.76. The first kappa shape index (κ1) is 23.6. The maximum Gasteiger partial charge on any atom is 0.349 e. The number of ether oxygens (including phenoxy) is 2. The van der Waals surface area contributed by atoms with E-state index in [1.54, 1.807) is 32.5 Å². The molecule has 2 unspecified atom stereocenters. The van der Waals surface area contributed by atoms with E-state index in [4.69, 9.17) is 9.47 Å². The summed E-state index contributed by atoms with van der Waals surface area (Å²) in [7, 11) is 0.